The number of carbonyl (C=O) groups is 2. The van der Waals surface area contributed by atoms with Gasteiger partial charge in [0.1, 0.15) is 5.69 Å². The van der Waals surface area contributed by atoms with Crippen LogP contribution in [-0.4, -0.2) is 32.3 Å². The summed E-state index contributed by atoms with van der Waals surface area (Å²) < 4.78 is 0. The summed E-state index contributed by atoms with van der Waals surface area (Å²) in [5.74, 6) is -1.64. The van der Waals surface area contributed by atoms with E-state index in [9.17, 15) is 14.7 Å². The number of aromatic nitrogens is 3. The average molecular weight is 293 g/mol. The molecule has 2 aromatic carbocycles. The Morgan fingerprint density at radius 2 is 1.50 bits per heavy atom. The molecule has 0 aliphatic rings. The van der Waals surface area contributed by atoms with Crippen molar-refractivity contribution < 1.29 is 14.7 Å². The number of ketones is 1. The van der Waals surface area contributed by atoms with Crippen molar-refractivity contribution >= 4 is 11.8 Å². The molecule has 0 bridgehead atoms. The topological polar surface area (TPSA) is 95.9 Å². The summed E-state index contributed by atoms with van der Waals surface area (Å²) in [6, 6.07) is 15.1. The van der Waals surface area contributed by atoms with Crippen LogP contribution in [0.5, 0.6) is 0 Å². The third-order valence-corrected chi connectivity index (χ3v) is 3.21. The Morgan fingerprint density at radius 1 is 0.864 bits per heavy atom. The first kappa shape index (κ1) is 13.7. The number of carboxylic acid groups (broad SMARTS) is 1. The molecule has 1 aromatic heterocycles. The lowest BCUT2D eigenvalue weighted by Gasteiger charge is -2.04. The van der Waals surface area contributed by atoms with Crippen LogP contribution in [0, 0.1) is 0 Å². The van der Waals surface area contributed by atoms with Crippen LogP contribution >= 0.6 is 0 Å². The fourth-order valence-corrected chi connectivity index (χ4v) is 2.18. The molecule has 3 aromatic rings. The van der Waals surface area contributed by atoms with E-state index in [4.69, 9.17) is 0 Å². The van der Waals surface area contributed by atoms with E-state index >= 15 is 0 Å². The number of hydrogen-bond donors (Lipinski definition) is 2. The van der Waals surface area contributed by atoms with Gasteiger partial charge >= 0.3 is 5.97 Å². The molecule has 6 nitrogen and oxygen atoms in total. The first-order chi connectivity index (χ1) is 10.7. The lowest BCUT2D eigenvalue weighted by atomic mass is 9.99. The molecule has 0 unspecified atom stereocenters. The summed E-state index contributed by atoms with van der Waals surface area (Å²) in [7, 11) is 0. The van der Waals surface area contributed by atoms with E-state index in [1.165, 1.54) is 12.1 Å². The molecule has 0 aliphatic carbocycles. The highest BCUT2D eigenvalue weighted by Gasteiger charge is 2.23. The van der Waals surface area contributed by atoms with Crippen LogP contribution in [0.25, 0.3) is 11.3 Å². The van der Waals surface area contributed by atoms with E-state index < -0.39 is 11.8 Å². The first-order valence-corrected chi connectivity index (χ1v) is 6.51. The molecule has 2 N–H and O–H groups in total. The lowest BCUT2D eigenvalue weighted by molar-refractivity contribution is 0.0692. The van der Waals surface area contributed by atoms with Gasteiger partial charge in [-0.2, -0.15) is 15.4 Å². The fraction of sp³-hybridized carbons (Fsp3) is 0. The van der Waals surface area contributed by atoms with E-state index in [2.05, 4.69) is 15.4 Å². The van der Waals surface area contributed by atoms with Crippen molar-refractivity contribution in [3.8, 4) is 11.3 Å². The third kappa shape index (κ3) is 2.37. The van der Waals surface area contributed by atoms with Gasteiger partial charge in [0.25, 0.3) is 0 Å². The Labute approximate surface area is 125 Å². The zero-order valence-electron chi connectivity index (χ0n) is 11.4. The van der Waals surface area contributed by atoms with Crippen molar-refractivity contribution in [3.05, 3.63) is 71.4 Å². The Balaban J connectivity index is 2.09. The van der Waals surface area contributed by atoms with E-state index in [-0.39, 0.29) is 16.8 Å². The lowest BCUT2D eigenvalue weighted by Crippen LogP contribution is -2.10. The molecular formula is C16H11N3O3. The standard InChI is InChI=1S/C16H11N3O3/c20-15(11-8-4-5-9-12(11)16(21)22)14-13(17-19-18-14)10-6-2-1-3-7-10/h1-9H,(H,21,22)(H,17,18,19). The maximum Gasteiger partial charge on any atom is 0.336 e. The predicted octanol–water partition coefficient (Wildman–Crippen LogP) is 2.40. The van der Waals surface area contributed by atoms with Crippen LogP contribution < -0.4 is 0 Å². The van der Waals surface area contributed by atoms with Crippen molar-refractivity contribution in [2.75, 3.05) is 0 Å². The molecule has 0 aliphatic heterocycles. The Morgan fingerprint density at radius 3 is 2.18 bits per heavy atom. The molecular weight excluding hydrogens is 282 g/mol. The van der Waals surface area contributed by atoms with E-state index in [1.807, 2.05) is 18.2 Å². The van der Waals surface area contributed by atoms with Gasteiger partial charge in [0.2, 0.25) is 5.78 Å². The number of aromatic carboxylic acids is 1. The van der Waals surface area contributed by atoms with Crippen molar-refractivity contribution in [2.45, 2.75) is 0 Å². The number of nitrogens with zero attached hydrogens (tertiary/aromatic N) is 2. The van der Waals surface area contributed by atoms with Crippen molar-refractivity contribution in [1.29, 1.82) is 0 Å². The second kappa shape index (κ2) is 5.61. The molecule has 0 atom stereocenters. The number of carbonyl (C=O) groups excluding carboxylic acids is 1. The zero-order chi connectivity index (χ0) is 15.5. The number of H-pyrrole nitrogens is 1. The summed E-state index contributed by atoms with van der Waals surface area (Å²) in [6.45, 7) is 0. The number of hydrogen-bond acceptors (Lipinski definition) is 4. The normalized spacial score (nSPS) is 10.4. The molecule has 0 spiro atoms. The van der Waals surface area contributed by atoms with Crippen LogP contribution in [0.3, 0.4) is 0 Å². The second-order valence-electron chi connectivity index (χ2n) is 4.57. The maximum atomic E-state index is 12.6. The summed E-state index contributed by atoms with van der Waals surface area (Å²) >= 11 is 0. The minimum atomic E-state index is -1.16. The van der Waals surface area contributed by atoms with Gasteiger partial charge in [0.05, 0.1) is 5.56 Å². The van der Waals surface area contributed by atoms with E-state index in [0.29, 0.717) is 5.69 Å². The van der Waals surface area contributed by atoms with Crippen LogP contribution in [0.4, 0.5) is 0 Å². The van der Waals surface area contributed by atoms with Gasteiger partial charge in [0, 0.05) is 11.1 Å². The number of benzene rings is 2. The molecule has 0 saturated carbocycles. The van der Waals surface area contributed by atoms with E-state index in [1.54, 1.807) is 24.3 Å². The van der Waals surface area contributed by atoms with Crippen molar-refractivity contribution in [2.24, 2.45) is 0 Å². The SMILES string of the molecule is O=C(O)c1ccccc1C(=O)c1n[nH]nc1-c1ccccc1. The van der Waals surface area contributed by atoms with Crippen molar-refractivity contribution in [1.82, 2.24) is 15.4 Å². The quantitative estimate of drug-likeness (QED) is 0.720. The molecule has 1 heterocycles. The monoisotopic (exact) mass is 293 g/mol. The summed E-state index contributed by atoms with van der Waals surface area (Å²) in [6.07, 6.45) is 0. The van der Waals surface area contributed by atoms with Gasteiger partial charge in [-0.15, -0.1) is 0 Å². The van der Waals surface area contributed by atoms with Gasteiger partial charge in [-0.25, -0.2) is 4.79 Å². The summed E-state index contributed by atoms with van der Waals surface area (Å²) in [4.78, 5) is 23.9. The highest BCUT2D eigenvalue weighted by molar-refractivity contribution is 6.15. The van der Waals surface area contributed by atoms with Crippen molar-refractivity contribution in [3.63, 3.8) is 0 Å². The minimum absolute atomic E-state index is 0.0606. The highest BCUT2D eigenvalue weighted by Crippen LogP contribution is 2.22. The second-order valence-corrected chi connectivity index (χ2v) is 4.57. The Bertz CT molecular complexity index is 841. The predicted molar refractivity (Wildman–Crippen MR) is 78.7 cm³/mol. The molecule has 108 valence electrons. The molecule has 0 amide bonds. The Hall–Kier alpha value is -3.28. The molecule has 22 heavy (non-hydrogen) atoms. The van der Waals surface area contributed by atoms with Crippen LogP contribution in [0.1, 0.15) is 26.4 Å². The van der Waals surface area contributed by atoms with Gasteiger partial charge in [-0.3, -0.25) is 4.79 Å². The third-order valence-electron chi connectivity index (χ3n) is 3.21. The number of rotatable bonds is 4. The smallest absolute Gasteiger partial charge is 0.336 e. The number of carboxylic acids is 1. The van der Waals surface area contributed by atoms with Gasteiger partial charge in [-0.05, 0) is 6.07 Å². The zero-order valence-corrected chi connectivity index (χ0v) is 11.4. The highest BCUT2D eigenvalue weighted by atomic mass is 16.4. The average Bonchev–Trinajstić information content (AvgIpc) is 3.04. The molecule has 0 radical (unpaired) electrons. The Kier molecular flexibility index (Phi) is 3.49. The van der Waals surface area contributed by atoms with Crippen LogP contribution in [0.2, 0.25) is 0 Å². The fourth-order valence-electron chi connectivity index (χ4n) is 2.18. The molecule has 0 fully saturated rings. The summed E-state index contributed by atoms with van der Waals surface area (Å²) in [5, 5.41) is 19.5. The van der Waals surface area contributed by atoms with Gasteiger partial charge < -0.3 is 5.11 Å². The van der Waals surface area contributed by atoms with Crippen LogP contribution in [-0.2, 0) is 0 Å². The maximum absolute atomic E-state index is 12.6. The number of nitrogens with one attached hydrogen (secondary N) is 1. The number of aromatic amines is 1. The van der Waals surface area contributed by atoms with E-state index in [0.717, 1.165) is 5.56 Å². The van der Waals surface area contributed by atoms with Crippen LogP contribution in [0.15, 0.2) is 54.6 Å². The van der Waals surface area contributed by atoms with Gasteiger partial charge in [0.15, 0.2) is 5.69 Å². The largest absolute Gasteiger partial charge is 0.478 e. The molecule has 0 saturated heterocycles. The molecule has 6 heteroatoms. The first-order valence-electron chi connectivity index (χ1n) is 6.51. The summed E-state index contributed by atoms with van der Waals surface area (Å²) in [5.41, 5.74) is 1.24. The van der Waals surface area contributed by atoms with Gasteiger partial charge in [-0.1, -0.05) is 48.5 Å². The molecule has 3 rings (SSSR count). The minimum Gasteiger partial charge on any atom is -0.478 e.